The first-order valence-corrected chi connectivity index (χ1v) is 6.36. The largest absolute Gasteiger partial charge is 0.487 e. The Morgan fingerprint density at radius 2 is 2.37 bits per heavy atom. The summed E-state index contributed by atoms with van der Waals surface area (Å²) in [7, 11) is 0. The highest BCUT2D eigenvalue weighted by atomic mass is 19.1. The molecule has 0 saturated carbocycles. The number of benzene rings is 1. The van der Waals surface area contributed by atoms with Gasteiger partial charge >= 0.3 is 5.69 Å². The molecule has 0 aromatic heterocycles. The Labute approximate surface area is 110 Å². The molecule has 1 atom stereocenters. The first-order chi connectivity index (χ1) is 9.08. The normalized spacial score (nSPS) is 18.5. The van der Waals surface area contributed by atoms with Crippen LogP contribution in [0.1, 0.15) is 18.4 Å². The van der Waals surface area contributed by atoms with E-state index >= 15 is 0 Å². The predicted molar refractivity (Wildman–Crippen MR) is 68.9 cm³/mol. The van der Waals surface area contributed by atoms with Crippen LogP contribution in [0.2, 0.25) is 0 Å². The van der Waals surface area contributed by atoms with Gasteiger partial charge in [0.05, 0.1) is 17.6 Å². The molecule has 1 aliphatic rings. The molecule has 2 rings (SSSR count). The van der Waals surface area contributed by atoms with Crippen LogP contribution in [-0.4, -0.2) is 24.6 Å². The number of hydrogen-bond donors (Lipinski definition) is 1. The molecule has 0 aliphatic carbocycles. The van der Waals surface area contributed by atoms with Crippen molar-refractivity contribution in [2.45, 2.75) is 19.8 Å². The average molecular weight is 268 g/mol. The van der Waals surface area contributed by atoms with Gasteiger partial charge in [-0.25, -0.2) is 4.39 Å². The van der Waals surface area contributed by atoms with Crippen LogP contribution in [0.25, 0.3) is 0 Å². The van der Waals surface area contributed by atoms with Crippen LogP contribution < -0.4 is 10.1 Å². The lowest BCUT2D eigenvalue weighted by molar-refractivity contribution is -0.386. The minimum Gasteiger partial charge on any atom is -0.487 e. The van der Waals surface area contributed by atoms with Crippen LogP contribution in [0, 0.1) is 28.8 Å². The van der Waals surface area contributed by atoms with Gasteiger partial charge in [0.2, 0.25) is 0 Å². The van der Waals surface area contributed by atoms with Crippen LogP contribution in [-0.2, 0) is 0 Å². The van der Waals surface area contributed by atoms with Crippen LogP contribution in [0.4, 0.5) is 10.1 Å². The standard InChI is InChI=1S/C13H17FN2O3/c1-9-6-13(12(16(17)18)7-11(9)14)19-5-3-10-2-4-15-8-10/h6-7,10,15H,2-5,8H2,1H3. The van der Waals surface area contributed by atoms with E-state index in [0.29, 0.717) is 18.1 Å². The topological polar surface area (TPSA) is 64.4 Å². The number of rotatable bonds is 5. The van der Waals surface area contributed by atoms with E-state index in [1.807, 2.05) is 0 Å². The maximum atomic E-state index is 13.3. The lowest BCUT2D eigenvalue weighted by atomic mass is 10.1. The number of halogens is 1. The zero-order valence-corrected chi connectivity index (χ0v) is 10.8. The summed E-state index contributed by atoms with van der Waals surface area (Å²) in [6, 6.07) is 2.31. The molecular weight excluding hydrogens is 251 g/mol. The Kier molecular flexibility index (Phi) is 4.31. The zero-order valence-electron chi connectivity index (χ0n) is 10.8. The van der Waals surface area contributed by atoms with Gasteiger partial charge in [-0.1, -0.05) is 0 Å². The van der Waals surface area contributed by atoms with Crippen LogP contribution in [0.3, 0.4) is 0 Å². The third-order valence-corrected chi connectivity index (χ3v) is 3.38. The Bertz CT molecular complexity index is 473. The Morgan fingerprint density at radius 3 is 3.00 bits per heavy atom. The van der Waals surface area contributed by atoms with E-state index in [2.05, 4.69) is 5.32 Å². The fourth-order valence-electron chi connectivity index (χ4n) is 2.20. The van der Waals surface area contributed by atoms with Crippen molar-refractivity contribution in [3.05, 3.63) is 33.6 Å². The van der Waals surface area contributed by atoms with E-state index in [-0.39, 0.29) is 11.4 Å². The summed E-state index contributed by atoms with van der Waals surface area (Å²) in [5, 5.41) is 14.1. The minimum atomic E-state index is -0.616. The molecule has 1 saturated heterocycles. The number of nitrogens with zero attached hydrogens (tertiary/aromatic N) is 1. The molecule has 0 bridgehead atoms. The summed E-state index contributed by atoms with van der Waals surface area (Å²) in [4.78, 5) is 10.2. The average Bonchev–Trinajstić information content (AvgIpc) is 2.86. The highest BCUT2D eigenvalue weighted by molar-refractivity contribution is 5.48. The van der Waals surface area contributed by atoms with Gasteiger partial charge in [-0.05, 0) is 50.4 Å². The SMILES string of the molecule is Cc1cc(OCCC2CCNC2)c([N+](=O)[O-])cc1F. The molecule has 1 aromatic carbocycles. The molecule has 1 fully saturated rings. The van der Waals surface area contributed by atoms with Gasteiger partial charge in [0.25, 0.3) is 0 Å². The summed E-state index contributed by atoms with van der Waals surface area (Å²) in [5.41, 5.74) is 0.0378. The van der Waals surface area contributed by atoms with Crippen molar-refractivity contribution in [2.24, 2.45) is 5.92 Å². The lowest BCUT2D eigenvalue weighted by Gasteiger charge is -2.11. The maximum Gasteiger partial charge on any atom is 0.313 e. The second kappa shape index (κ2) is 5.97. The molecule has 6 heteroatoms. The summed E-state index contributed by atoms with van der Waals surface area (Å²) < 4.78 is 18.8. The number of nitro groups is 1. The van der Waals surface area contributed by atoms with Crippen molar-refractivity contribution in [3.8, 4) is 5.75 Å². The van der Waals surface area contributed by atoms with Crippen molar-refractivity contribution in [3.63, 3.8) is 0 Å². The third kappa shape index (κ3) is 3.41. The number of nitrogens with one attached hydrogen (secondary N) is 1. The monoisotopic (exact) mass is 268 g/mol. The smallest absolute Gasteiger partial charge is 0.313 e. The van der Waals surface area contributed by atoms with Crippen molar-refractivity contribution < 1.29 is 14.1 Å². The molecule has 104 valence electrons. The van der Waals surface area contributed by atoms with E-state index < -0.39 is 10.7 Å². The Hall–Kier alpha value is -1.69. The quantitative estimate of drug-likeness (QED) is 0.658. The summed E-state index contributed by atoms with van der Waals surface area (Å²) >= 11 is 0. The van der Waals surface area contributed by atoms with Gasteiger partial charge < -0.3 is 10.1 Å². The van der Waals surface area contributed by atoms with Crippen molar-refractivity contribution >= 4 is 5.69 Å². The fraction of sp³-hybridized carbons (Fsp3) is 0.538. The van der Waals surface area contributed by atoms with E-state index in [1.54, 1.807) is 6.92 Å². The predicted octanol–water partition coefficient (Wildman–Crippen LogP) is 2.42. The molecule has 1 heterocycles. The maximum absolute atomic E-state index is 13.3. The fourth-order valence-corrected chi connectivity index (χ4v) is 2.20. The van der Waals surface area contributed by atoms with Crippen molar-refractivity contribution in [2.75, 3.05) is 19.7 Å². The molecule has 19 heavy (non-hydrogen) atoms. The van der Waals surface area contributed by atoms with Gasteiger partial charge in [0.15, 0.2) is 5.75 Å². The molecule has 5 nitrogen and oxygen atoms in total. The molecule has 0 radical (unpaired) electrons. The van der Waals surface area contributed by atoms with Crippen LogP contribution >= 0.6 is 0 Å². The second-order valence-electron chi connectivity index (χ2n) is 4.82. The van der Waals surface area contributed by atoms with Gasteiger partial charge in [-0.2, -0.15) is 0 Å². The lowest BCUT2D eigenvalue weighted by Crippen LogP contribution is -2.12. The zero-order chi connectivity index (χ0) is 13.8. The first kappa shape index (κ1) is 13.7. The van der Waals surface area contributed by atoms with Crippen molar-refractivity contribution in [1.29, 1.82) is 0 Å². The minimum absolute atomic E-state index is 0.148. The summed E-state index contributed by atoms with van der Waals surface area (Å²) in [6.45, 7) is 3.96. The molecule has 0 spiro atoms. The highest BCUT2D eigenvalue weighted by Crippen LogP contribution is 2.30. The molecule has 1 N–H and O–H groups in total. The summed E-state index contributed by atoms with van der Waals surface area (Å²) in [6.07, 6.45) is 1.95. The van der Waals surface area contributed by atoms with Gasteiger partial charge in [0.1, 0.15) is 5.82 Å². The van der Waals surface area contributed by atoms with E-state index in [1.165, 1.54) is 6.07 Å². The van der Waals surface area contributed by atoms with E-state index in [9.17, 15) is 14.5 Å². The molecule has 1 aliphatic heterocycles. The second-order valence-corrected chi connectivity index (χ2v) is 4.82. The van der Waals surface area contributed by atoms with Crippen LogP contribution in [0.5, 0.6) is 5.75 Å². The van der Waals surface area contributed by atoms with Crippen molar-refractivity contribution in [1.82, 2.24) is 5.32 Å². The van der Waals surface area contributed by atoms with E-state index in [0.717, 1.165) is 32.0 Å². The van der Waals surface area contributed by atoms with Gasteiger partial charge in [-0.3, -0.25) is 10.1 Å². The number of nitro benzene ring substituents is 1. The first-order valence-electron chi connectivity index (χ1n) is 6.36. The van der Waals surface area contributed by atoms with Crippen LogP contribution in [0.15, 0.2) is 12.1 Å². The number of hydrogen-bond acceptors (Lipinski definition) is 4. The Balaban J connectivity index is 2.01. The third-order valence-electron chi connectivity index (χ3n) is 3.38. The van der Waals surface area contributed by atoms with E-state index in [4.69, 9.17) is 4.74 Å². The van der Waals surface area contributed by atoms with Gasteiger partial charge in [0, 0.05) is 0 Å². The van der Waals surface area contributed by atoms with Gasteiger partial charge in [-0.15, -0.1) is 0 Å². The summed E-state index contributed by atoms with van der Waals surface area (Å²) in [5.74, 6) is 0.120. The molecular formula is C13H17FN2O3. The highest BCUT2D eigenvalue weighted by Gasteiger charge is 2.19. The molecule has 1 aromatic rings. The molecule has 0 amide bonds. The Morgan fingerprint density at radius 1 is 1.58 bits per heavy atom. The number of aryl methyl sites for hydroxylation is 1. The molecule has 1 unspecified atom stereocenters. The number of ether oxygens (including phenoxy) is 1.